The van der Waals surface area contributed by atoms with Crippen molar-refractivity contribution >= 4 is 21.9 Å². The van der Waals surface area contributed by atoms with Gasteiger partial charge in [0.1, 0.15) is 17.4 Å². The molecule has 7 N–H and O–H groups in total. The maximum absolute atomic E-state index is 13.3. The normalized spacial score (nSPS) is 16.3. The Bertz CT molecular complexity index is 957. The van der Waals surface area contributed by atoms with Crippen LogP contribution in [0.25, 0.3) is 0 Å². The predicted octanol–water partition coefficient (Wildman–Crippen LogP) is 1.11. The Balaban J connectivity index is 2.36. The van der Waals surface area contributed by atoms with Gasteiger partial charge < -0.3 is 21.5 Å². The summed E-state index contributed by atoms with van der Waals surface area (Å²) < 4.78 is 35.2. The molecule has 1 heterocycles. The second-order valence-electron chi connectivity index (χ2n) is 8.43. The molecule has 0 radical (unpaired) electrons. The maximum atomic E-state index is 13.3. The first-order valence-electron chi connectivity index (χ1n) is 9.98. The van der Waals surface area contributed by atoms with Gasteiger partial charge in [0.2, 0.25) is 15.9 Å². The molecule has 30 heavy (non-hydrogen) atoms. The summed E-state index contributed by atoms with van der Waals surface area (Å²) in [6.07, 6.45) is 2.10. The maximum Gasteiger partial charge on any atom is 0.241 e. The van der Waals surface area contributed by atoms with E-state index in [0.717, 1.165) is 23.3 Å². The summed E-state index contributed by atoms with van der Waals surface area (Å²) in [5.41, 5.74) is 13.3. The van der Waals surface area contributed by atoms with Gasteiger partial charge in [0.15, 0.2) is 5.96 Å². The molecule has 1 atom stereocenters. The lowest BCUT2D eigenvalue weighted by Gasteiger charge is -2.35. The van der Waals surface area contributed by atoms with Crippen LogP contribution in [-0.4, -0.2) is 38.5 Å². The molecule has 10 heteroatoms. The average molecular weight is 440 g/mol. The van der Waals surface area contributed by atoms with E-state index in [0.29, 0.717) is 30.5 Å². The highest BCUT2D eigenvalue weighted by atomic mass is 32.2. The fourth-order valence-corrected chi connectivity index (χ4v) is 5.59. The van der Waals surface area contributed by atoms with Crippen molar-refractivity contribution in [2.75, 3.05) is 6.54 Å². The molecule has 0 unspecified atom stereocenters. The van der Waals surface area contributed by atoms with Gasteiger partial charge in [0, 0.05) is 6.54 Å². The number of rotatable bonds is 8. The Morgan fingerprint density at radius 1 is 1.20 bits per heavy atom. The molecule has 2 rings (SSSR count). The molecule has 1 aliphatic rings. The number of ether oxygens (including phenoxy) is 1. The molecule has 0 spiro atoms. The molecule has 0 fully saturated rings. The van der Waals surface area contributed by atoms with Crippen molar-refractivity contribution in [3.8, 4) is 5.75 Å². The molecule has 9 nitrogen and oxygen atoms in total. The highest BCUT2D eigenvalue weighted by Crippen LogP contribution is 2.42. The number of sulfonamides is 1. The molecule has 0 bridgehead atoms. The smallest absolute Gasteiger partial charge is 0.241 e. The van der Waals surface area contributed by atoms with Crippen molar-refractivity contribution < 1.29 is 17.9 Å². The highest BCUT2D eigenvalue weighted by molar-refractivity contribution is 7.89. The van der Waals surface area contributed by atoms with Gasteiger partial charge in [-0.25, -0.2) is 8.42 Å². The van der Waals surface area contributed by atoms with Gasteiger partial charge in [-0.1, -0.05) is 0 Å². The SMILES string of the molecule is Cc1c(C)c(S(=O)(=O)N[C@@H](CCCNC(=N)N)C(N)=O)c(C)c2c1OC(C)(C)CC2. The predicted molar refractivity (Wildman–Crippen MR) is 116 cm³/mol. The lowest BCUT2D eigenvalue weighted by molar-refractivity contribution is -0.119. The van der Waals surface area contributed by atoms with Gasteiger partial charge in [-0.2, -0.15) is 4.72 Å². The zero-order valence-electron chi connectivity index (χ0n) is 18.3. The Morgan fingerprint density at radius 2 is 1.83 bits per heavy atom. The minimum absolute atomic E-state index is 0.176. The van der Waals surface area contributed by atoms with E-state index in [9.17, 15) is 13.2 Å². The third-order valence-corrected chi connectivity index (χ3v) is 7.31. The highest BCUT2D eigenvalue weighted by Gasteiger charge is 2.34. The summed E-state index contributed by atoms with van der Waals surface area (Å²) in [5, 5.41) is 9.76. The van der Waals surface area contributed by atoms with Gasteiger partial charge >= 0.3 is 0 Å². The van der Waals surface area contributed by atoms with E-state index in [1.807, 2.05) is 20.8 Å². The zero-order chi connectivity index (χ0) is 22.9. The van der Waals surface area contributed by atoms with Gasteiger partial charge in [-0.05, 0) is 82.6 Å². The average Bonchev–Trinajstić information content (AvgIpc) is 2.61. The number of nitrogens with two attached hydrogens (primary N) is 2. The van der Waals surface area contributed by atoms with E-state index in [2.05, 4.69) is 10.0 Å². The number of carbonyl (C=O) groups excluding carboxylic acids is 1. The Labute approximate surface area is 178 Å². The lowest BCUT2D eigenvalue weighted by Crippen LogP contribution is -2.45. The quantitative estimate of drug-likeness (QED) is 0.232. The summed E-state index contributed by atoms with van der Waals surface area (Å²) in [6.45, 7) is 9.75. The second kappa shape index (κ2) is 8.81. The molecule has 168 valence electrons. The third-order valence-electron chi connectivity index (χ3n) is 5.56. The number of nitrogens with one attached hydrogen (secondary N) is 3. The Morgan fingerprint density at radius 3 is 2.40 bits per heavy atom. The monoisotopic (exact) mass is 439 g/mol. The largest absolute Gasteiger partial charge is 0.487 e. The van der Waals surface area contributed by atoms with E-state index in [1.54, 1.807) is 13.8 Å². The van der Waals surface area contributed by atoms with Crippen LogP contribution in [0.2, 0.25) is 0 Å². The van der Waals surface area contributed by atoms with E-state index in [4.69, 9.17) is 21.6 Å². The van der Waals surface area contributed by atoms with E-state index in [1.165, 1.54) is 0 Å². The molecule has 1 aromatic carbocycles. The van der Waals surface area contributed by atoms with Crippen LogP contribution < -0.4 is 26.2 Å². The molecule has 0 saturated heterocycles. The van der Waals surface area contributed by atoms with E-state index in [-0.39, 0.29) is 22.9 Å². The number of carbonyl (C=O) groups is 1. The Kier molecular flexibility index (Phi) is 7.03. The number of benzene rings is 1. The Hall–Kier alpha value is -2.33. The van der Waals surface area contributed by atoms with Gasteiger partial charge in [0.25, 0.3) is 0 Å². The van der Waals surface area contributed by atoms with Gasteiger partial charge in [-0.3, -0.25) is 10.2 Å². The summed E-state index contributed by atoms with van der Waals surface area (Å²) in [6, 6.07) is -1.06. The minimum Gasteiger partial charge on any atom is -0.487 e. The van der Waals surface area contributed by atoms with Crippen LogP contribution in [0.15, 0.2) is 4.90 Å². The number of guanidine groups is 1. The molecule has 1 amide bonds. The van der Waals surface area contributed by atoms with Crippen LogP contribution in [0, 0.1) is 26.2 Å². The molecule has 0 aliphatic carbocycles. The number of amides is 1. The van der Waals surface area contributed by atoms with Crippen molar-refractivity contribution in [3.63, 3.8) is 0 Å². The van der Waals surface area contributed by atoms with Gasteiger partial charge in [0.05, 0.1) is 4.90 Å². The third kappa shape index (κ3) is 5.23. The number of hydrogen-bond donors (Lipinski definition) is 5. The first-order valence-corrected chi connectivity index (χ1v) is 11.5. The number of fused-ring (bicyclic) bond motifs is 1. The van der Waals surface area contributed by atoms with Crippen molar-refractivity contribution in [2.45, 2.75) is 76.8 Å². The standard InChI is InChI=1S/C20H33N5O4S/c1-11-12(2)17(13(3)14-8-9-20(4,5)29-16(11)14)30(27,28)25-15(18(21)26)7-6-10-24-19(22)23/h15,25H,6-10H2,1-5H3,(H2,21,26)(H4,22,23,24)/t15-/m0/s1. The van der Waals surface area contributed by atoms with E-state index >= 15 is 0 Å². The molecular formula is C20H33N5O4S. The van der Waals surface area contributed by atoms with Crippen molar-refractivity contribution in [1.82, 2.24) is 10.0 Å². The lowest BCUT2D eigenvalue weighted by atomic mass is 9.88. The summed E-state index contributed by atoms with van der Waals surface area (Å²) >= 11 is 0. The molecule has 0 aromatic heterocycles. The summed E-state index contributed by atoms with van der Waals surface area (Å²) in [5.74, 6) is -0.189. The van der Waals surface area contributed by atoms with Crippen LogP contribution in [0.3, 0.4) is 0 Å². The molecular weight excluding hydrogens is 406 g/mol. The second-order valence-corrected chi connectivity index (χ2v) is 10.1. The van der Waals surface area contributed by atoms with Crippen LogP contribution in [0.1, 0.15) is 55.4 Å². The minimum atomic E-state index is -4.00. The van der Waals surface area contributed by atoms with Crippen molar-refractivity contribution in [3.05, 3.63) is 22.3 Å². The number of primary amides is 1. The first kappa shape index (κ1) is 23.9. The van der Waals surface area contributed by atoms with Crippen LogP contribution >= 0.6 is 0 Å². The fourth-order valence-electron chi connectivity index (χ4n) is 3.79. The molecule has 0 saturated carbocycles. The molecule has 1 aromatic rings. The summed E-state index contributed by atoms with van der Waals surface area (Å²) in [4.78, 5) is 12.0. The fraction of sp³-hybridized carbons (Fsp3) is 0.600. The first-order chi connectivity index (χ1) is 13.8. The topological polar surface area (TPSA) is 160 Å². The summed E-state index contributed by atoms with van der Waals surface area (Å²) in [7, 11) is -4.00. The van der Waals surface area contributed by atoms with Crippen LogP contribution in [0.4, 0.5) is 0 Å². The number of hydrogen-bond acceptors (Lipinski definition) is 5. The van der Waals surface area contributed by atoms with Crippen LogP contribution in [-0.2, 0) is 21.2 Å². The van der Waals surface area contributed by atoms with Crippen molar-refractivity contribution in [2.24, 2.45) is 11.5 Å². The van der Waals surface area contributed by atoms with Gasteiger partial charge in [-0.15, -0.1) is 0 Å². The van der Waals surface area contributed by atoms with E-state index < -0.39 is 22.0 Å². The molecule has 1 aliphatic heterocycles. The zero-order valence-corrected chi connectivity index (χ0v) is 19.1. The van der Waals surface area contributed by atoms with Crippen LogP contribution in [0.5, 0.6) is 5.75 Å². The van der Waals surface area contributed by atoms with Crippen molar-refractivity contribution in [1.29, 1.82) is 5.41 Å².